The van der Waals surface area contributed by atoms with E-state index in [2.05, 4.69) is 27.1 Å². The van der Waals surface area contributed by atoms with Crippen molar-refractivity contribution in [1.82, 2.24) is 15.0 Å². The van der Waals surface area contributed by atoms with Crippen LogP contribution in [0.2, 0.25) is 5.02 Å². The molecule has 36 heavy (non-hydrogen) atoms. The molecule has 2 aliphatic heterocycles. The number of imidazole rings is 1. The Morgan fingerprint density at radius 3 is 2.53 bits per heavy atom. The summed E-state index contributed by atoms with van der Waals surface area (Å²) in [4.78, 5) is 12.2. The van der Waals surface area contributed by atoms with E-state index in [4.69, 9.17) is 25.8 Å². The van der Waals surface area contributed by atoms with Gasteiger partial charge >= 0.3 is 0 Å². The monoisotopic (exact) mass is 509 g/mol. The van der Waals surface area contributed by atoms with E-state index in [1.54, 1.807) is 6.07 Å². The highest BCUT2D eigenvalue weighted by Crippen LogP contribution is 2.38. The fourth-order valence-corrected chi connectivity index (χ4v) is 5.07. The quantitative estimate of drug-likeness (QED) is 0.312. The molecule has 4 aromatic rings. The number of aromatic amines is 1. The van der Waals surface area contributed by atoms with Crippen LogP contribution in [-0.4, -0.2) is 80.1 Å². The van der Waals surface area contributed by atoms with Crippen LogP contribution < -0.4 is 4.74 Å². The molecule has 0 saturated carbocycles. The van der Waals surface area contributed by atoms with Gasteiger partial charge in [-0.2, -0.15) is 4.98 Å². The van der Waals surface area contributed by atoms with Gasteiger partial charge in [-0.15, -0.1) is 0 Å². The van der Waals surface area contributed by atoms with Crippen molar-refractivity contribution in [3.8, 4) is 28.4 Å². The third kappa shape index (κ3) is 3.94. The molecule has 2 aromatic heterocycles. The molecule has 0 aliphatic carbocycles. The van der Waals surface area contributed by atoms with Crippen LogP contribution in [0.15, 0.2) is 60.7 Å². The third-order valence-electron chi connectivity index (χ3n) is 6.79. The normalized spacial score (nSPS) is 26.3. The highest BCUT2D eigenvalue weighted by molar-refractivity contribution is 6.33. The van der Waals surface area contributed by atoms with E-state index in [0.717, 1.165) is 16.7 Å². The summed E-state index contributed by atoms with van der Waals surface area (Å²) >= 11 is 6.56. The van der Waals surface area contributed by atoms with Gasteiger partial charge in [-0.1, -0.05) is 66.2 Å². The van der Waals surface area contributed by atoms with Gasteiger partial charge in [0.25, 0.3) is 6.01 Å². The minimum absolute atomic E-state index is 0.125. The number of benzene rings is 2. The SMILES string of the molecule is OCC(O)[C@@]1(O)COC2C1OC[C@H]2Oc1nc2nc(-c3ccc(-c4ccccc4)cc3)c(Cl)cc2[nH]1. The lowest BCUT2D eigenvalue weighted by Crippen LogP contribution is -2.54. The minimum atomic E-state index is -1.70. The van der Waals surface area contributed by atoms with Crippen molar-refractivity contribution >= 4 is 22.8 Å². The number of aromatic nitrogens is 3. The average Bonchev–Trinajstić information content (AvgIpc) is 3.59. The molecule has 186 valence electrons. The van der Waals surface area contributed by atoms with Crippen molar-refractivity contribution in [1.29, 1.82) is 0 Å². The van der Waals surface area contributed by atoms with E-state index in [1.165, 1.54) is 0 Å². The Morgan fingerprint density at radius 2 is 1.78 bits per heavy atom. The molecule has 2 fully saturated rings. The summed E-state index contributed by atoms with van der Waals surface area (Å²) in [6, 6.07) is 20.1. The zero-order chi connectivity index (χ0) is 24.9. The number of aliphatic hydroxyl groups is 3. The molecule has 0 spiro atoms. The summed E-state index contributed by atoms with van der Waals surface area (Å²) < 4.78 is 17.3. The number of nitrogens with one attached hydrogen (secondary N) is 1. The van der Waals surface area contributed by atoms with E-state index in [1.807, 2.05) is 42.5 Å². The Balaban J connectivity index is 1.22. The summed E-state index contributed by atoms with van der Waals surface area (Å²) in [6.07, 6.45) is -3.41. The maximum absolute atomic E-state index is 10.7. The Bertz CT molecular complexity index is 1380. The predicted octanol–water partition coefficient (Wildman–Crippen LogP) is 2.57. The number of nitrogens with zero attached hydrogens (tertiary/aromatic N) is 2. The molecule has 0 amide bonds. The van der Waals surface area contributed by atoms with Crippen molar-refractivity contribution in [2.45, 2.75) is 30.0 Å². The minimum Gasteiger partial charge on any atom is -0.456 e. The predicted molar refractivity (Wildman–Crippen MR) is 132 cm³/mol. The second-order valence-corrected chi connectivity index (χ2v) is 9.46. The van der Waals surface area contributed by atoms with Gasteiger partial charge < -0.3 is 34.5 Å². The molecule has 0 radical (unpaired) electrons. The molecule has 6 rings (SSSR count). The molecule has 9 nitrogen and oxygen atoms in total. The van der Waals surface area contributed by atoms with Gasteiger partial charge in [-0.25, -0.2) is 4.98 Å². The second kappa shape index (κ2) is 9.11. The standard InChI is InChI=1S/C26H24ClN3O6/c27-17-10-18-24(29-21(17)16-8-6-15(7-9-16)14-4-2-1-3-5-14)30-25(28-18)36-19-12-34-23-22(19)35-13-26(23,33)20(32)11-31/h1-10,19-20,22-23,31-33H,11-13H2,(H,28,29,30)/t19-,20?,22?,23?,26+/m1/s1. The summed E-state index contributed by atoms with van der Waals surface area (Å²) in [5.41, 5.74) is 3.03. The molecule has 4 heterocycles. The molecule has 5 atom stereocenters. The van der Waals surface area contributed by atoms with Crippen LogP contribution >= 0.6 is 11.6 Å². The number of fused-ring (bicyclic) bond motifs is 2. The fourth-order valence-electron chi connectivity index (χ4n) is 4.81. The topological polar surface area (TPSA) is 130 Å². The van der Waals surface area contributed by atoms with E-state index in [9.17, 15) is 15.3 Å². The van der Waals surface area contributed by atoms with Crippen LogP contribution in [-0.2, 0) is 9.47 Å². The molecular formula is C26H24ClN3O6. The first-order chi connectivity index (χ1) is 17.5. The molecule has 4 N–H and O–H groups in total. The van der Waals surface area contributed by atoms with Gasteiger partial charge in [-0.05, 0) is 17.2 Å². The van der Waals surface area contributed by atoms with E-state index < -0.39 is 36.6 Å². The molecule has 0 bridgehead atoms. The number of pyridine rings is 1. The van der Waals surface area contributed by atoms with E-state index in [-0.39, 0.29) is 19.2 Å². The van der Waals surface area contributed by atoms with Crippen LogP contribution in [0.5, 0.6) is 6.01 Å². The Morgan fingerprint density at radius 1 is 1.06 bits per heavy atom. The zero-order valence-corrected chi connectivity index (χ0v) is 19.8. The summed E-state index contributed by atoms with van der Waals surface area (Å²) in [7, 11) is 0. The van der Waals surface area contributed by atoms with Crippen LogP contribution in [0.4, 0.5) is 0 Å². The lowest BCUT2D eigenvalue weighted by Gasteiger charge is -2.30. The highest BCUT2D eigenvalue weighted by Gasteiger charge is 2.60. The van der Waals surface area contributed by atoms with Crippen molar-refractivity contribution in [3.63, 3.8) is 0 Å². The summed E-state index contributed by atoms with van der Waals surface area (Å²) in [5.74, 6) is 0. The Kier molecular flexibility index (Phi) is 5.91. The maximum Gasteiger partial charge on any atom is 0.296 e. The highest BCUT2D eigenvalue weighted by atomic mass is 35.5. The first-order valence-electron chi connectivity index (χ1n) is 11.6. The third-order valence-corrected chi connectivity index (χ3v) is 7.08. The van der Waals surface area contributed by atoms with Crippen LogP contribution in [0.1, 0.15) is 0 Å². The van der Waals surface area contributed by atoms with Crippen LogP contribution in [0.3, 0.4) is 0 Å². The zero-order valence-electron chi connectivity index (χ0n) is 19.0. The fraction of sp³-hybridized carbons (Fsp3) is 0.308. The lowest BCUT2D eigenvalue weighted by atomic mass is 9.90. The Hall–Kier alpha value is -3.05. The molecular weight excluding hydrogens is 486 g/mol. The first-order valence-corrected chi connectivity index (χ1v) is 12.0. The number of rotatable bonds is 6. The number of H-pyrrole nitrogens is 1. The summed E-state index contributed by atoms with van der Waals surface area (Å²) in [5, 5.41) is 30.5. The van der Waals surface area contributed by atoms with Crippen molar-refractivity contribution in [2.24, 2.45) is 0 Å². The van der Waals surface area contributed by atoms with Crippen molar-refractivity contribution in [3.05, 3.63) is 65.7 Å². The van der Waals surface area contributed by atoms with Crippen LogP contribution in [0.25, 0.3) is 33.5 Å². The van der Waals surface area contributed by atoms with Crippen LogP contribution in [0, 0.1) is 0 Å². The molecule has 10 heteroatoms. The average molecular weight is 510 g/mol. The molecule has 3 unspecified atom stereocenters. The number of hydrogen-bond acceptors (Lipinski definition) is 8. The van der Waals surface area contributed by atoms with Gasteiger partial charge in [0.15, 0.2) is 11.8 Å². The number of hydrogen-bond donors (Lipinski definition) is 4. The molecule has 2 saturated heterocycles. The molecule has 2 aromatic carbocycles. The van der Waals surface area contributed by atoms with E-state index >= 15 is 0 Å². The van der Waals surface area contributed by atoms with Gasteiger partial charge in [-0.3, -0.25) is 0 Å². The lowest BCUT2D eigenvalue weighted by molar-refractivity contribution is -0.147. The maximum atomic E-state index is 10.7. The van der Waals surface area contributed by atoms with Crippen molar-refractivity contribution < 1.29 is 29.5 Å². The number of ether oxygens (including phenoxy) is 3. The van der Waals surface area contributed by atoms with Gasteiger partial charge in [0.2, 0.25) is 0 Å². The summed E-state index contributed by atoms with van der Waals surface area (Å²) in [6.45, 7) is -0.654. The Labute approximate surface area is 211 Å². The van der Waals surface area contributed by atoms with Crippen molar-refractivity contribution in [2.75, 3.05) is 19.8 Å². The van der Waals surface area contributed by atoms with Gasteiger partial charge in [0.1, 0.15) is 23.9 Å². The second-order valence-electron chi connectivity index (χ2n) is 9.05. The smallest absolute Gasteiger partial charge is 0.296 e. The van der Waals surface area contributed by atoms with Gasteiger partial charge in [0, 0.05) is 5.56 Å². The number of halogens is 1. The molecule has 2 aliphatic rings. The van der Waals surface area contributed by atoms with E-state index in [0.29, 0.717) is 21.9 Å². The number of aliphatic hydroxyl groups excluding tert-OH is 2. The largest absolute Gasteiger partial charge is 0.456 e. The first kappa shape index (κ1) is 23.4. The van der Waals surface area contributed by atoms with Gasteiger partial charge in [0.05, 0.1) is 36.1 Å².